The molecule has 4 nitrogen and oxygen atoms in total. The number of thiazole rings is 1. The molecule has 0 atom stereocenters. The molecular weight excluding hydrogens is 287 g/mol. The molecule has 0 bridgehead atoms. The highest BCUT2D eigenvalue weighted by Crippen LogP contribution is 2.24. The Kier molecular flexibility index (Phi) is 3.60. The van der Waals surface area contributed by atoms with Crippen molar-refractivity contribution in [3.05, 3.63) is 39.6 Å². The third-order valence-electron chi connectivity index (χ3n) is 2.68. The first-order valence-electron chi connectivity index (χ1n) is 5.50. The van der Waals surface area contributed by atoms with Gasteiger partial charge >= 0.3 is 0 Å². The molecule has 0 aliphatic carbocycles. The lowest BCUT2D eigenvalue weighted by molar-refractivity contribution is 0.567. The van der Waals surface area contributed by atoms with E-state index >= 15 is 0 Å². The van der Waals surface area contributed by atoms with Gasteiger partial charge in [0.05, 0.1) is 5.69 Å². The summed E-state index contributed by atoms with van der Waals surface area (Å²) in [5.41, 5.74) is 6.39. The Morgan fingerprint density at radius 1 is 1.37 bits per heavy atom. The minimum absolute atomic E-state index is 0.192. The van der Waals surface area contributed by atoms with Crippen LogP contribution < -0.4 is 5.73 Å². The molecule has 0 saturated carbocycles. The van der Waals surface area contributed by atoms with Crippen LogP contribution in [0.4, 0.5) is 10.1 Å². The third kappa shape index (κ3) is 2.93. The first kappa shape index (κ1) is 14.0. The number of aromatic nitrogens is 1. The molecule has 1 aromatic carbocycles. The van der Waals surface area contributed by atoms with Gasteiger partial charge in [0, 0.05) is 10.6 Å². The average Bonchev–Trinajstić information content (AvgIpc) is 2.56. The molecule has 102 valence electrons. The monoisotopic (exact) mass is 300 g/mol. The molecule has 0 aliphatic rings. The molecule has 0 fully saturated rings. The van der Waals surface area contributed by atoms with Crippen molar-refractivity contribution in [3.63, 3.8) is 0 Å². The van der Waals surface area contributed by atoms with E-state index in [0.29, 0.717) is 5.01 Å². The van der Waals surface area contributed by atoms with Gasteiger partial charge in [-0.25, -0.2) is 17.8 Å². The standard InChI is InChI=1S/C12H13FN2O2S2/c1-7-8(2)18-12(15-7)6-19(16,17)11-4-3-9(14)5-10(11)13/h3-5H,6,14H2,1-2H3. The van der Waals surface area contributed by atoms with Crippen molar-refractivity contribution in [3.8, 4) is 0 Å². The Balaban J connectivity index is 2.37. The number of nitrogens with zero attached hydrogens (tertiary/aromatic N) is 1. The van der Waals surface area contributed by atoms with Crippen LogP contribution in [0.25, 0.3) is 0 Å². The SMILES string of the molecule is Cc1nc(CS(=O)(=O)c2ccc(N)cc2F)sc1C. The summed E-state index contributed by atoms with van der Waals surface area (Å²) in [6.45, 7) is 3.68. The zero-order valence-corrected chi connectivity index (χ0v) is 12.1. The van der Waals surface area contributed by atoms with Crippen LogP contribution in [0.2, 0.25) is 0 Å². The molecule has 0 unspecified atom stereocenters. The zero-order valence-electron chi connectivity index (χ0n) is 10.5. The largest absolute Gasteiger partial charge is 0.399 e. The van der Waals surface area contributed by atoms with Crippen LogP contribution in [0.3, 0.4) is 0 Å². The zero-order chi connectivity index (χ0) is 14.2. The molecule has 2 N–H and O–H groups in total. The van der Waals surface area contributed by atoms with Crippen LogP contribution in [-0.2, 0) is 15.6 Å². The Hall–Kier alpha value is -1.47. The number of rotatable bonds is 3. The van der Waals surface area contributed by atoms with Crippen molar-refractivity contribution in [2.45, 2.75) is 24.5 Å². The number of halogens is 1. The number of sulfone groups is 1. The maximum absolute atomic E-state index is 13.7. The second-order valence-electron chi connectivity index (χ2n) is 4.20. The summed E-state index contributed by atoms with van der Waals surface area (Å²) in [4.78, 5) is 4.78. The van der Waals surface area contributed by atoms with Crippen LogP contribution >= 0.6 is 11.3 Å². The van der Waals surface area contributed by atoms with Crippen molar-refractivity contribution in [2.24, 2.45) is 0 Å². The van der Waals surface area contributed by atoms with E-state index in [1.165, 1.54) is 23.5 Å². The molecule has 7 heteroatoms. The molecule has 2 rings (SSSR count). The van der Waals surface area contributed by atoms with Crippen LogP contribution in [-0.4, -0.2) is 13.4 Å². The predicted octanol–water partition coefficient (Wildman–Crippen LogP) is 2.46. The second-order valence-corrected chi connectivity index (χ2v) is 7.44. The van der Waals surface area contributed by atoms with Gasteiger partial charge in [-0.05, 0) is 32.0 Å². The van der Waals surface area contributed by atoms with Crippen LogP contribution in [0, 0.1) is 19.7 Å². The molecule has 0 amide bonds. The van der Waals surface area contributed by atoms with Gasteiger partial charge in [-0.3, -0.25) is 0 Å². The van der Waals surface area contributed by atoms with E-state index in [-0.39, 0.29) is 16.3 Å². The smallest absolute Gasteiger partial charge is 0.187 e. The third-order valence-corrected chi connectivity index (χ3v) is 5.59. The highest BCUT2D eigenvalue weighted by molar-refractivity contribution is 7.90. The predicted molar refractivity (Wildman–Crippen MR) is 73.3 cm³/mol. The van der Waals surface area contributed by atoms with Crippen molar-refractivity contribution in [2.75, 3.05) is 5.73 Å². The highest BCUT2D eigenvalue weighted by atomic mass is 32.2. The number of nitrogens with two attached hydrogens (primary N) is 1. The lowest BCUT2D eigenvalue weighted by Gasteiger charge is -2.04. The highest BCUT2D eigenvalue weighted by Gasteiger charge is 2.22. The maximum Gasteiger partial charge on any atom is 0.187 e. The Morgan fingerprint density at radius 2 is 2.05 bits per heavy atom. The van der Waals surface area contributed by atoms with Crippen molar-refractivity contribution < 1.29 is 12.8 Å². The summed E-state index contributed by atoms with van der Waals surface area (Å²) in [5, 5.41) is 0.464. The summed E-state index contributed by atoms with van der Waals surface area (Å²) in [6.07, 6.45) is 0. The molecule has 0 saturated heterocycles. The number of hydrogen-bond donors (Lipinski definition) is 1. The minimum atomic E-state index is -3.75. The average molecular weight is 300 g/mol. The molecule has 19 heavy (non-hydrogen) atoms. The number of nitrogen functional groups attached to an aromatic ring is 1. The first-order chi connectivity index (χ1) is 8.79. The molecule has 2 aromatic rings. The van der Waals surface area contributed by atoms with Crippen molar-refractivity contribution in [1.82, 2.24) is 4.98 Å². The molecule has 0 radical (unpaired) electrons. The van der Waals surface area contributed by atoms with Crippen molar-refractivity contribution in [1.29, 1.82) is 0 Å². The lowest BCUT2D eigenvalue weighted by Crippen LogP contribution is -2.07. The van der Waals surface area contributed by atoms with E-state index in [1.807, 2.05) is 13.8 Å². The molecule has 1 aromatic heterocycles. The van der Waals surface area contributed by atoms with Gasteiger partial charge in [0.25, 0.3) is 0 Å². The van der Waals surface area contributed by atoms with Crippen LogP contribution in [0.1, 0.15) is 15.6 Å². The quantitative estimate of drug-likeness (QED) is 0.884. The van der Waals surface area contributed by atoms with Crippen LogP contribution in [0.15, 0.2) is 23.1 Å². The topological polar surface area (TPSA) is 73.0 Å². The van der Waals surface area contributed by atoms with Crippen LogP contribution in [0.5, 0.6) is 0 Å². The van der Waals surface area contributed by atoms with Gasteiger partial charge in [-0.2, -0.15) is 0 Å². The fourth-order valence-corrected chi connectivity index (χ4v) is 4.22. The van der Waals surface area contributed by atoms with E-state index in [4.69, 9.17) is 5.73 Å². The normalized spacial score (nSPS) is 11.7. The summed E-state index contributed by atoms with van der Waals surface area (Å²) in [5.74, 6) is -1.13. The number of anilines is 1. The van der Waals surface area contributed by atoms with Gasteiger partial charge in [0.15, 0.2) is 9.84 Å². The summed E-state index contributed by atoms with van der Waals surface area (Å²) in [6, 6.07) is 3.56. The second kappa shape index (κ2) is 4.90. The molecule has 1 heterocycles. The fourth-order valence-electron chi connectivity index (χ4n) is 1.61. The number of aryl methyl sites for hydroxylation is 2. The maximum atomic E-state index is 13.7. The Bertz CT molecular complexity index is 704. The van der Waals surface area contributed by atoms with E-state index < -0.39 is 15.7 Å². The Labute approximate surface area is 115 Å². The van der Waals surface area contributed by atoms with Gasteiger partial charge < -0.3 is 5.73 Å². The van der Waals surface area contributed by atoms with Gasteiger partial charge in [0.2, 0.25) is 0 Å². The number of benzene rings is 1. The first-order valence-corrected chi connectivity index (χ1v) is 7.97. The lowest BCUT2D eigenvalue weighted by atomic mass is 10.3. The van der Waals surface area contributed by atoms with E-state index in [1.54, 1.807) is 0 Å². The fraction of sp³-hybridized carbons (Fsp3) is 0.250. The van der Waals surface area contributed by atoms with Gasteiger partial charge in [0.1, 0.15) is 21.5 Å². The molecule has 0 aliphatic heterocycles. The number of hydrogen-bond acceptors (Lipinski definition) is 5. The summed E-state index contributed by atoms with van der Waals surface area (Å²) in [7, 11) is -3.75. The van der Waals surface area contributed by atoms with Crippen molar-refractivity contribution >= 4 is 26.9 Å². The summed E-state index contributed by atoms with van der Waals surface area (Å²) >= 11 is 1.31. The molecular formula is C12H13FN2O2S2. The van der Waals surface area contributed by atoms with E-state index in [9.17, 15) is 12.8 Å². The van der Waals surface area contributed by atoms with Gasteiger partial charge in [-0.1, -0.05) is 0 Å². The minimum Gasteiger partial charge on any atom is -0.399 e. The van der Waals surface area contributed by atoms with Gasteiger partial charge in [-0.15, -0.1) is 11.3 Å². The molecule has 0 spiro atoms. The van der Waals surface area contributed by atoms with E-state index in [2.05, 4.69) is 4.98 Å². The van der Waals surface area contributed by atoms with E-state index in [0.717, 1.165) is 16.6 Å². The Morgan fingerprint density at radius 3 is 2.58 bits per heavy atom. The summed E-state index contributed by atoms with van der Waals surface area (Å²) < 4.78 is 37.9.